The van der Waals surface area contributed by atoms with Gasteiger partial charge in [-0.25, -0.2) is 0 Å². The molecule has 0 spiro atoms. The van der Waals surface area contributed by atoms with E-state index in [9.17, 15) is 4.79 Å². The molecule has 0 aromatic heterocycles. The molecular weight excluding hydrogens is 375 g/mol. The van der Waals surface area contributed by atoms with Gasteiger partial charge in [-0.05, 0) is 100 Å². The molecule has 5 nitrogen and oxygen atoms in total. The van der Waals surface area contributed by atoms with Gasteiger partial charge in [0.25, 0.3) is 0 Å². The van der Waals surface area contributed by atoms with Gasteiger partial charge in [0.05, 0.1) is 16.6 Å². The van der Waals surface area contributed by atoms with Crippen LogP contribution < -0.4 is 5.32 Å². The lowest BCUT2D eigenvalue weighted by molar-refractivity contribution is -0.140. The van der Waals surface area contributed by atoms with Crippen LogP contribution in [0, 0.1) is 17.3 Å². The van der Waals surface area contributed by atoms with Crippen LogP contribution in [0.2, 0.25) is 6.32 Å². The molecule has 1 unspecified atom stereocenters. The van der Waals surface area contributed by atoms with Crippen molar-refractivity contribution in [3.8, 4) is 0 Å². The van der Waals surface area contributed by atoms with E-state index >= 15 is 0 Å². The molecule has 174 valence electrons. The van der Waals surface area contributed by atoms with Crippen LogP contribution >= 0.6 is 0 Å². The summed E-state index contributed by atoms with van der Waals surface area (Å²) in [6.45, 7) is 19.1. The van der Waals surface area contributed by atoms with E-state index < -0.39 is 0 Å². The van der Waals surface area contributed by atoms with Crippen molar-refractivity contribution in [1.82, 2.24) is 10.2 Å². The molecule has 30 heavy (non-hydrogen) atoms. The van der Waals surface area contributed by atoms with Crippen molar-refractivity contribution >= 4 is 13.0 Å². The van der Waals surface area contributed by atoms with Gasteiger partial charge in [0, 0.05) is 11.6 Å². The number of rotatable bonds is 6. The quantitative estimate of drug-likeness (QED) is 0.628. The normalized spacial score (nSPS) is 32.3. The Labute approximate surface area is 186 Å². The minimum Gasteiger partial charge on any atom is -0.403 e. The summed E-state index contributed by atoms with van der Waals surface area (Å²) >= 11 is 0. The van der Waals surface area contributed by atoms with Gasteiger partial charge >= 0.3 is 7.12 Å². The molecule has 0 bridgehead atoms. The topological polar surface area (TPSA) is 50.8 Å². The summed E-state index contributed by atoms with van der Waals surface area (Å²) in [5, 5.41) is 3.29. The first-order valence-corrected chi connectivity index (χ1v) is 11.8. The van der Waals surface area contributed by atoms with Crippen LogP contribution in [-0.4, -0.2) is 54.8 Å². The number of carbonyl (C=O) groups excluding carboxylic acids is 1. The van der Waals surface area contributed by atoms with E-state index in [2.05, 4.69) is 86.6 Å². The van der Waals surface area contributed by atoms with Crippen molar-refractivity contribution in [2.24, 2.45) is 17.3 Å². The third-order valence-electron chi connectivity index (χ3n) is 7.93. The lowest BCUT2D eigenvalue weighted by atomic mass is 9.59. The van der Waals surface area contributed by atoms with Crippen molar-refractivity contribution < 1.29 is 14.1 Å². The number of carbonyl (C=O) groups is 1. The second kappa shape index (κ2) is 8.75. The monoisotopic (exact) mass is 422 g/mol. The summed E-state index contributed by atoms with van der Waals surface area (Å²) in [4.78, 5) is 15.7. The molecule has 0 aromatic rings. The molecule has 0 aromatic carbocycles. The summed E-state index contributed by atoms with van der Waals surface area (Å²) in [5.41, 5.74) is -1.15. The van der Waals surface area contributed by atoms with Crippen molar-refractivity contribution in [3.63, 3.8) is 0 Å². The predicted molar refractivity (Wildman–Crippen MR) is 125 cm³/mol. The van der Waals surface area contributed by atoms with Gasteiger partial charge in [-0.1, -0.05) is 19.8 Å². The molecule has 2 fully saturated rings. The third kappa shape index (κ3) is 5.61. The molecule has 1 aliphatic heterocycles. The molecular formula is C24H47BN2O3. The minimum absolute atomic E-state index is 0.150. The SMILES string of the molecule is CC([C@@H]1CC[C@@H](CCB2OC(C)(C)C(C)(C)O2)C[C@]1(C)C(=O)NC(C)(C)C)N(C)C. The Hall–Kier alpha value is -0.585. The Balaban J connectivity index is 2.10. The van der Waals surface area contributed by atoms with Crippen molar-refractivity contribution in [2.75, 3.05) is 14.1 Å². The first kappa shape index (κ1) is 25.7. The largest absolute Gasteiger partial charge is 0.457 e. The van der Waals surface area contributed by atoms with Gasteiger partial charge in [0.2, 0.25) is 5.91 Å². The fraction of sp³-hybridized carbons (Fsp3) is 0.958. The van der Waals surface area contributed by atoms with Crippen LogP contribution in [0.1, 0.15) is 88.0 Å². The molecule has 1 saturated carbocycles. The van der Waals surface area contributed by atoms with E-state index in [1.165, 1.54) is 6.42 Å². The molecule has 1 aliphatic carbocycles. The Bertz CT molecular complexity index is 598. The maximum atomic E-state index is 13.5. The molecule has 1 saturated heterocycles. The number of nitrogens with zero attached hydrogens (tertiary/aromatic N) is 1. The summed E-state index contributed by atoms with van der Waals surface area (Å²) < 4.78 is 12.4. The highest BCUT2D eigenvalue weighted by Crippen LogP contribution is 2.48. The average Bonchev–Trinajstić information content (AvgIpc) is 2.78. The van der Waals surface area contributed by atoms with Gasteiger partial charge in [-0.2, -0.15) is 0 Å². The maximum absolute atomic E-state index is 13.5. The van der Waals surface area contributed by atoms with Crippen molar-refractivity contribution in [2.45, 2.75) is 117 Å². The lowest BCUT2D eigenvalue weighted by Crippen LogP contribution is -2.56. The van der Waals surface area contributed by atoms with Crippen LogP contribution in [0.25, 0.3) is 0 Å². The lowest BCUT2D eigenvalue weighted by Gasteiger charge is -2.48. The molecule has 1 amide bonds. The first-order chi connectivity index (χ1) is 13.5. The Kier molecular flexibility index (Phi) is 7.48. The highest BCUT2D eigenvalue weighted by Gasteiger charge is 2.52. The van der Waals surface area contributed by atoms with Crippen LogP contribution in [0.15, 0.2) is 0 Å². The average molecular weight is 422 g/mol. The Morgan fingerprint density at radius 3 is 2.10 bits per heavy atom. The third-order valence-corrected chi connectivity index (χ3v) is 7.93. The number of nitrogens with one attached hydrogen (secondary N) is 1. The second-order valence-corrected chi connectivity index (χ2v) is 12.3. The van der Waals surface area contributed by atoms with Gasteiger partial charge in [-0.15, -0.1) is 0 Å². The summed E-state index contributed by atoms with van der Waals surface area (Å²) in [6.07, 6.45) is 5.11. The highest BCUT2D eigenvalue weighted by molar-refractivity contribution is 6.45. The van der Waals surface area contributed by atoms with E-state index in [0.29, 0.717) is 17.9 Å². The van der Waals surface area contributed by atoms with Crippen LogP contribution in [0.5, 0.6) is 0 Å². The fourth-order valence-electron chi connectivity index (χ4n) is 5.17. The van der Waals surface area contributed by atoms with E-state index in [1.807, 2.05) is 0 Å². The van der Waals surface area contributed by atoms with Crippen LogP contribution in [-0.2, 0) is 14.1 Å². The maximum Gasteiger partial charge on any atom is 0.457 e. The zero-order chi connectivity index (χ0) is 23.1. The zero-order valence-electron chi connectivity index (χ0n) is 21.5. The highest BCUT2D eigenvalue weighted by atomic mass is 16.7. The molecule has 2 rings (SSSR count). The zero-order valence-corrected chi connectivity index (χ0v) is 21.5. The van der Waals surface area contributed by atoms with Gasteiger partial charge in [0.15, 0.2) is 0 Å². The van der Waals surface area contributed by atoms with Crippen LogP contribution in [0.3, 0.4) is 0 Å². The van der Waals surface area contributed by atoms with Crippen molar-refractivity contribution in [1.29, 1.82) is 0 Å². The smallest absolute Gasteiger partial charge is 0.403 e. The first-order valence-electron chi connectivity index (χ1n) is 11.8. The molecule has 6 heteroatoms. The summed E-state index contributed by atoms with van der Waals surface area (Å²) in [5.74, 6) is 1.07. The molecule has 1 N–H and O–H groups in total. The standard InChI is InChI=1S/C24H47BN2O3/c1-17(27(10)11)19-13-12-18(16-24(19,9)20(28)26-21(2,3)4)14-15-25-29-22(5,6)23(7,8)30-25/h17-19H,12-16H2,1-11H3,(H,26,28)/t17?,18-,19-,24-/m0/s1. The molecule has 0 radical (unpaired) electrons. The minimum atomic E-state index is -0.365. The number of amides is 1. The molecule has 2 aliphatic rings. The van der Waals surface area contributed by atoms with Crippen LogP contribution in [0.4, 0.5) is 0 Å². The van der Waals surface area contributed by atoms with E-state index in [4.69, 9.17) is 9.31 Å². The van der Waals surface area contributed by atoms with Gasteiger partial charge in [-0.3, -0.25) is 4.79 Å². The summed E-state index contributed by atoms with van der Waals surface area (Å²) in [7, 11) is 4.09. The molecule has 4 atom stereocenters. The number of hydrogen-bond acceptors (Lipinski definition) is 4. The number of hydrogen-bond donors (Lipinski definition) is 1. The van der Waals surface area contributed by atoms with Gasteiger partial charge in [0.1, 0.15) is 0 Å². The van der Waals surface area contributed by atoms with E-state index in [-0.39, 0.29) is 35.2 Å². The molecule has 1 heterocycles. The van der Waals surface area contributed by atoms with E-state index in [1.54, 1.807) is 0 Å². The Morgan fingerprint density at radius 2 is 1.63 bits per heavy atom. The van der Waals surface area contributed by atoms with Crippen molar-refractivity contribution in [3.05, 3.63) is 0 Å². The predicted octanol–water partition coefficient (Wildman–Crippen LogP) is 4.76. The fourth-order valence-corrected chi connectivity index (χ4v) is 5.17. The Morgan fingerprint density at radius 1 is 1.10 bits per heavy atom. The van der Waals surface area contributed by atoms with E-state index in [0.717, 1.165) is 25.6 Å². The summed E-state index contributed by atoms with van der Waals surface area (Å²) in [6, 6.07) is 0.366. The second-order valence-electron chi connectivity index (χ2n) is 12.3. The van der Waals surface area contributed by atoms with Gasteiger partial charge < -0.3 is 19.5 Å².